The van der Waals surface area contributed by atoms with Crippen molar-refractivity contribution in [3.63, 3.8) is 0 Å². The number of carbonyl (C=O) groups is 2. The molecule has 0 aromatic heterocycles. The highest BCUT2D eigenvalue weighted by Crippen LogP contribution is 2.32. The Kier molecular flexibility index (Phi) is 7.79. The molecule has 1 saturated heterocycles. The van der Waals surface area contributed by atoms with E-state index in [-0.39, 0.29) is 61.4 Å². The summed E-state index contributed by atoms with van der Waals surface area (Å²) >= 11 is 0. The molecule has 2 aromatic carbocycles. The molecule has 0 unspecified atom stereocenters. The van der Waals surface area contributed by atoms with Crippen LogP contribution in [0.25, 0.3) is 0 Å². The van der Waals surface area contributed by atoms with Gasteiger partial charge in [0.25, 0.3) is 0 Å². The van der Waals surface area contributed by atoms with Crippen molar-refractivity contribution in [2.75, 3.05) is 39.8 Å². The molecule has 1 aliphatic heterocycles. The second-order valence-corrected chi connectivity index (χ2v) is 10.1. The average molecular weight is 498 g/mol. The lowest BCUT2D eigenvalue weighted by Crippen LogP contribution is -2.52. The van der Waals surface area contributed by atoms with Gasteiger partial charge in [-0.25, -0.2) is 8.42 Å². The van der Waals surface area contributed by atoms with Crippen LogP contribution in [0.5, 0.6) is 0 Å². The van der Waals surface area contributed by atoms with E-state index in [9.17, 15) is 31.2 Å². The van der Waals surface area contributed by atoms with E-state index in [0.717, 1.165) is 6.07 Å². The number of nitrogens with zero attached hydrogens (tertiary/aromatic N) is 3. The standard InChI is InChI=1S/C23H26F3N3O4S/c1-17(30)18-7-9-20(10-8-18)34(32,33)29-13-11-28(12-14-29)22(31)16-27(2)15-19-5-3-4-6-21(19)23(24,25)26/h3-10H,11-16H2,1-2H3. The molecular formula is C23H26F3N3O4S. The highest BCUT2D eigenvalue weighted by molar-refractivity contribution is 7.89. The molecule has 11 heteroatoms. The van der Waals surface area contributed by atoms with Gasteiger partial charge in [0.1, 0.15) is 0 Å². The van der Waals surface area contributed by atoms with Crippen LogP contribution < -0.4 is 0 Å². The van der Waals surface area contributed by atoms with Crippen LogP contribution in [0.15, 0.2) is 53.4 Å². The number of amides is 1. The number of hydrogen-bond donors (Lipinski definition) is 0. The van der Waals surface area contributed by atoms with Crippen LogP contribution in [0.4, 0.5) is 13.2 Å². The Labute approximate surface area is 196 Å². The lowest BCUT2D eigenvalue weighted by molar-refractivity contribution is -0.138. The van der Waals surface area contributed by atoms with Gasteiger partial charge in [0.05, 0.1) is 17.0 Å². The molecule has 0 spiro atoms. The summed E-state index contributed by atoms with van der Waals surface area (Å²) in [5.74, 6) is -0.446. The number of ketones is 1. The lowest BCUT2D eigenvalue weighted by atomic mass is 10.1. The minimum Gasteiger partial charge on any atom is -0.339 e. The number of rotatable bonds is 7. The van der Waals surface area contributed by atoms with Crippen LogP contribution in [-0.4, -0.2) is 74.0 Å². The third-order valence-corrected chi connectivity index (χ3v) is 7.57. The van der Waals surface area contributed by atoms with Gasteiger partial charge >= 0.3 is 6.18 Å². The molecule has 34 heavy (non-hydrogen) atoms. The van der Waals surface area contributed by atoms with Crippen molar-refractivity contribution < 1.29 is 31.2 Å². The SMILES string of the molecule is CC(=O)c1ccc(S(=O)(=O)N2CCN(C(=O)CN(C)Cc3ccccc3C(F)(F)F)CC2)cc1. The molecule has 2 aromatic rings. The highest BCUT2D eigenvalue weighted by atomic mass is 32.2. The maximum Gasteiger partial charge on any atom is 0.416 e. The van der Waals surface area contributed by atoms with E-state index < -0.39 is 21.8 Å². The van der Waals surface area contributed by atoms with Gasteiger partial charge in [-0.15, -0.1) is 0 Å². The largest absolute Gasteiger partial charge is 0.416 e. The summed E-state index contributed by atoms with van der Waals surface area (Å²) in [7, 11) is -2.20. The number of likely N-dealkylation sites (N-methyl/N-ethyl adjacent to an activating group) is 1. The Morgan fingerprint density at radius 2 is 1.56 bits per heavy atom. The molecule has 0 bridgehead atoms. The minimum absolute atomic E-state index is 0.0496. The molecule has 7 nitrogen and oxygen atoms in total. The van der Waals surface area contributed by atoms with Gasteiger partial charge in [0.15, 0.2) is 5.78 Å². The van der Waals surface area contributed by atoms with Crippen molar-refractivity contribution in [2.24, 2.45) is 0 Å². The number of alkyl halides is 3. The maximum absolute atomic E-state index is 13.2. The molecule has 1 fully saturated rings. The molecule has 1 heterocycles. The molecule has 0 radical (unpaired) electrons. The number of Topliss-reactive ketones (excluding diaryl/α,β-unsaturated/α-hetero) is 1. The zero-order valence-electron chi connectivity index (χ0n) is 18.9. The lowest BCUT2D eigenvalue weighted by Gasteiger charge is -2.35. The van der Waals surface area contributed by atoms with Gasteiger partial charge in [-0.2, -0.15) is 17.5 Å². The smallest absolute Gasteiger partial charge is 0.339 e. The molecular weight excluding hydrogens is 471 g/mol. The first-order chi connectivity index (χ1) is 15.9. The van der Waals surface area contributed by atoms with Gasteiger partial charge in [-0.05, 0) is 37.7 Å². The van der Waals surface area contributed by atoms with E-state index in [1.165, 1.54) is 63.5 Å². The predicted molar refractivity (Wildman–Crippen MR) is 120 cm³/mol. The van der Waals surface area contributed by atoms with Gasteiger partial charge in [0.2, 0.25) is 15.9 Å². The number of halogens is 3. The van der Waals surface area contributed by atoms with Gasteiger partial charge in [-0.1, -0.05) is 30.3 Å². The number of sulfonamides is 1. The Morgan fingerprint density at radius 3 is 2.12 bits per heavy atom. The predicted octanol–water partition coefficient (Wildman–Crippen LogP) is 2.87. The van der Waals surface area contributed by atoms with Crippen LogP contribution in [-0.2, 0) is 27.5 Å². The van der Waals surface area contributed by atoms with Crippen LogP contribution in [0, 0.1) is 0 Å². The van der Waals surface area contributed by atoms with Crippen LogP contribution >= 0.6 is 0 Å². The first-order valence-corrected chi connectivity index (χ1v) is 12.1. The fourth-order valence-corrected chi connectivity index (χ4v) is 5.22. The molecule has 0 aliphatic carbocycles. The van der Waals surface area contributed by atoms with Gasteiger partial charge in [-0.3, -0.25) is 14.5 Å². The second kappa shape index (κ2) is 10.2. The maximum atomic E-state index is 13.2. The highest BCUT2D eigenvalue weighted by Gasteiger charge is 2.34. The summed E-state index contributed by atoms with van der Waals surface area (Å²) in [5, 5.41) is 0. The third-order valence-electron chi connectivity index (χ3n) is 5.66. The number of hydrogen-bond acceptors (Lipinski definition) is 5. The van der Waals surface area contributed by atoms with E-state index in [1.807, 2.05) is 0 Å². The van der Waals surface area contributed by atoms with Crippen molar-refractivity contribution in [3.05, 3.63) is 65.2 Å². The second-order valence-electron chi connectivity index (χ2n) is 8.19. The molecule has 184 valence electrons. The van der Waals surface area contributed by atoms with Crippen molar-refractivity contribution in [2.45, 2.75) is 24.5 Å². The summed E-state index contributed by atoms with van der Waals surface area (Å²) in [6, 6.07) is 10.9. The third kappa shape index (κ3) is 6.02. The van der Waals surface area contributed by atoms with Crippen LogP contribution in [0.2, 0.25) is 0 Å². The fraction of sp³-hybridized carbons (Fsp3) is 0.391. The van der Waals surface area contributed by atoms with Crippen molar-refractivity contribution in [1.29, 1.82) is 0 Å². The Morgan fingerprint density at radius 1 is 0.971 bits per heavy atom. The Bertz CT molecular complexity index is 1140. The summed E-state index contributed by atoms with van der Waals surface area (Å²) in [6.45, 7) is 1.81. The molecule has 0 N–H and O–H groups in total. The van der Waals surface area contributed by atoms with E-state index in [0.29, 0.717) is 5.56 Å². The van der Waals surface area contributed by atoms with Crippen LogP contribution in [0.1, 0.15) is 28.4 Å². The summed E-state index contributed by atoms with van der Waals surface area (Å²) in [5.41, 5.74) is -0.238. The molecule has 0 saturated carbocycles. The van der Waals surface area contributed by atoms with E-state index in [4.69, 9.17) is 0 Å². The molecule has 3 rings (SSSR count). The first kappa shape index (κ1) is 25.9. The first-order valence-electron chi connectivity index (χ1n) is 10.6. The number of piperazine rings is 1. The zero-order chi connectivity index (χ0) is 25.1. The van der Waals surface area contributed by atoms with Crippen molar-refractivity contribution in [1.82, 2.24) is 14.1 Å². The monoisotopic (exact) mass is 497 g/mol. The van der Waals surface area contributed by atoms with Gasteiger partial charge in [0, 0.05) is 38.3 Å². The number of carbonyl (C=O) groups excluding carboxylic acids is 2. The van der Waals surface area contributed by atoms with Gasteiger partial charge < -0.3 is 4.90 Å². The minimum atomic E-state index is -4.48. The summed E-state index contributed by atoms with van der Waals surface area (Å²) < 4.78 is 66.6. The quantitative estimate of drug-likeness (QED) is 0.550. The normalized spacial score (nSPS) is 15.5. The topological polar surface area (TPSA) is 78.0 Å². The van der Waals surface area contributed by atoms with Crippen LogP contribution in [0.3, 0.4) is 0 Å². The van der Waals surface area contributed by atoms with Crippen molar-refractivity contribution in [3.8, 4) is 0 Å². The summed E-state index contributed by atoms with van der Waals surface area (Å²) in [4.78, 5) is 27.2. The molecule has 1 amide bonds. The zero-order valence-corrected chi connectivity index (χ0v) is 19.7. The fourth-order valence-electron chi connectivity index (χ4n) is 3.80. The average Bonchev–Trinajstić information content (AvgIpc) is 2.78. The van der Waals surface area contributed by atoms with E-state index in [2.05, 4.69) is 0 Å². The van der Waals surface area contributed by atoms with E-state index >= 15 is 0 Å². The number of benzene rings is 2. The molecule has 0 atom stereocenters. The Balaban J connectivity index is 1.57. The molecule has 1 aliphatic rings. The Hall–Kier alpha value is -2.76. The summed E-state index contributed by atoms with van der Waals surface area (Å²) in [6.07, 6.45) is -4.48. The van der Waals surface area contributed by atoms with Crippen molar-refractivity contribution >= 4 is 21.7 Å². The van der Waals surface area contributed by atoms with E-state index in [1.54, 1.807) is 7.05 Å².